The highest BCUT2D eigenvalue weighted by atomic mass is 35.5. The van der Waals surface area contributed by atoms with Gasteiger partial charge in [-0.25, -0.2) is 9.40 Å². The van der Waals surface area contributed by atoms with E-state index in [1.165, 1.54) is 0 Å². The fourth-order valence-electron chi connectivity index (χ4n) is 3.43. The summed E-state index contributed by atoms with van der Waals surface area (Å²) >= 11 is 5.24. The predicted molar refractivity (Wildman–Crippen MR) is 106 cm³/mol. The average Bonchev–Trinajstić information content (AvgIpc) is 3.13. The van der Waals surface area contributed by atoms with E-state index in [9.17, 15) is 36.7 Å². The fraction of sp³-hybridized carbons (Fsp3) is 0.632. The first kappa shape index (κ1) is 25.7. The number of nitrogens with one attached hydrogen (secondary N) is 3. The molecule has 2 fully saturated rings. The number of carbonyl (C=O) groups excluding carboxylic acids is 4. The van der Waals surface area contributed by atoms with Crippen molar-refractivity contribution in [1.29, 1.82) is 0 Å². The fourth-order valence-corrected chi connectivity index (χ4v) is 3.54. The van der Waals surface area contributed by atoms with E-state index < -0.39 is 52.9 Å². The standard InChI is InChI=1S/C19H22ClF4N5O5/c1-18(3-4-18)7-11(26-15(31)10-6-12(34-28-10)19(22,23)24)16(32)27-29(17(33)13(20)21)8-9-2-5-25-14(9)30/h6,9,11,13H,2-5,7-8H2,1H3,(H,25,30)(H,26,31)(H,27,32)/t9-,11?,13?/m0/s1. The van der Waals surface area contributed by atoms with Gasteiger partial charge in [0.05, 0.1) is 12.5 Å². The van der Waals surface area contributed by atoms with Gasteiger partial charge in [-0.05, 0) is 31.1 Å². The number of carbonyl (C=O) groups is 4. The van der Waals surface area contributed by atoms with Crippen LogP contribution >= 0.6 is 11.6 Å². The molecule has 1 saturated heterocycles. The second-order valence-electron chi connectivity index (χ2n) is 8.62. The molecule has 0 radical (unpaired) electrons. The minimum atomic E-state index is -4.86. The molecule has 1 aliphatic heterocycles. The summed E-state index contributed by atoms with van der Waals surface area (Å²) in [6.07, 6.45) is -2.98. The van der Waals surface area contributed by atoms with E-state index >= 15 is 0 Å². The van der Waals surface area contributed by atoms with Crippen molar-refractivity contribution in [2.24, 2.45) is 11.3 Å². The molecule has 15 heteroatoms. The normalized spacial score (nSPS) is 20.8. The van der Waals surface area contributed by atoms with Crippen molar-refractivity contribution in [3.05, 3.63) is 17.5 Å². The van der Waals surface area contributed by atoms with E-state index in [0.29, 0.717) is 24.0 Å². The molecule has 188 valence electrons. The molecule has 34 heavy (non-hydrogen) atoms. The largest absolute Gasteiger partial charge is 0.452 e. The predicted octanol–water partition coefficient (Wildman–Crippen LogP) is 1.51. The maximum atomic E-state index is 13.5. The van der Waals surface area contributed by atoms with Gasteiger partial charge in [-0.1, -0.05) is 23.7 Å². The van der Waals surface area contributed by atoms with Gasteiger partial charge >= 0.3 is 6.18 Å². The van der Waals surface area contributed by atoms with Gasteiger partial charge in [0.1, 0.15) is 6.04 Å². The molecule has 2 heterocycles. The van der Waals surface area contributed by atoms with Gasteiger partial charge in [-0.15, -0.1) is 0 Å². The third-order valence-electron chi connectivity index (χ3n) is 5.71. The summed E-state index contributed by atoms with van der Waals surface area (Å²) in [5.74, 6) is -5.97. The van der Waals surface area contributed by atoms with Gasteiger partial charge < -0.3 is 15.2 Å². The molecule has 3 atom stereocenters. The number of nitrogens with zero attached hydrogens (tertiary/aromatic N) is 2. The molecule has 2 aliphatic rings. The van der Waals surface area contributed by atoms with Gasteiger partial charge in [0.15, 0.2) is 5.69 Å². The van der Waals surface area contributed by atoms with Crippen LogP contribution in [0.5, 0.6) is 0 Å². The highest BCUT2D eigenvalue weighted by Gasteiger charge is 2.43. The molecule has 1 aromatic heterocycles. The van der Waals surface area contributed by atoms with Crippen molar-refractivity contribution in [1.82, 2.24) is 26.2 Å². The Kier molecular flexibility index (Phi) is 7.38. The molecule has 0 bridgehead atoms. The summed E-state index contributed by atoms with van der Waals surface area (Å²) in [5.41, 5.74) is -1.35. The number of amides is 4. The molecular formula is C19H22ClF4N5O5. The number of rotatable bonds is 8. The van der Waals surface area contributed by atoms with E-state index in [0.717, 1.165) is 12.8 Å². The first-order valence-corrected chi connectivity index (χ1v) is 10.8. The third kappa shape index (κ3) is 6.36. The highest BCUT2D eigenvalue weighted by molar-refractivity contribution is 6.29. The summed E-state index contributed by atoms with van der Waals surface area (Å²) in [6, 6.07) is -0.925. The first-order valence-electron chi connectivity index (χ1n) is 10.3. The number of hydrogen-bond donors (Lipinski definition) is 3. The molecule has 0 aromatic carbocycles. The highest BCUT2D eigenvalue weighted by Crippen LogP contribution is 2.49. The Morgan fingerprint density at radius 2 is 2.06 bits per heavy atom. The molecule has 4 amide bonds. The van der Waals surface area contributed by atoms with Crippen LogP contribution in [-0.2, 0) is 20.6 Å². The van der Waals surface area contributed by atoms with E-state index in [2.05, 4.69) is 25.7 Å². The van der Waals surface area contributed by atoms with Gasteiger partial charge in [-0.2, -0.15) is 13.2 Å². The number of alkyl halides is 5. The van der Waals surface area contributed by atoms with Crippen LogP contribution in [0.2, 0.25) is 0 Å². The minimum absolute atomic E-state index is 0.0838. The zero-order valence-corrected chi connectivity index (χ0v) is 18.6. The molecule has 2 unspecified atom stereocenters. The molecule has 1 aromatic rings. The third-order valence-corrected chi connectivity index (χ3v) is 5.89. The summed E-state index contributed by atoms with van der Waals surface area (Å²) in [7, 11) is 0. The monoisotopic (exact) mass is 511 g/mol. The van der Waals surface area contributed by atoms with Crippen LogP contribution in [0.25, 0.3) is 0 Å². The molecule has 1 saturated carbocycles. The first-order chi connectivity index (χ1) is 15.8. The van der Waals surface area contributed by atoms with Crippen molar-refractivity contribution in [3.8, 4) is 0 Å². The van der Waals surface area contributed by atoms with Crippen molar-refractivity contribution < 1.29 is 41.3 Å². The van der Waals surface area contributed by atoms with E-state index in [4.69, 9.17) is 11.6 Å². The quantitative estimate of drug-likeness (QED) is 0.275. The van der Waals surface area contributed by atoms with E-state index in [1.54, 1.807) is 0 Å². The van der Waals surface area contributed by atoms with Gasteiger partial charge in [-0.3, -0.25) is 24.6 Å². The molecule has 10 nitrogen and oxygen atoms in total. The Labute approximate surface area is 195 Å². The summed E-state index contributed by atoms with van der Waals surface area (Å²) in [6.45, 7) is 1.81. The van der Waals surface area contributed by atoms with Gasteiger partial charge in [0, 0.05) is 12.6 Å². The van der Waals surface area contributed by atoms with Crippen LogP contribution < -0.4 is 16.1 Å². The number of halogens is 5. The topological polar surface area (TPSA) is 134 Å². The number of aromatic nitrogens is 1. The van der Waals surface area contributed by atoms with Crippen LogP contribution in [0.15, 0.2) is 10.6 Å². The van der Waals surface area contributed by atoms with Gasteiger partial charge in [0.25, 0.3) is 23.4 Å². The van der Waals surface area contributed by atoms with Crippen LogP contribution in [0.3, 0.4) is 0 Å². The Hall–Kier alpha value is -2.90. The molecule has 3 N–H and O–H groups in total. The van der Waals surface area contributed by atoms with Crippen molar-refractivity contribution in [3.63, 3.8) is 0 Å². The second-order valence-corrected chi connectivity index (χ2v) is 9.00. The van der Waals surface area contributed by atoms with Crippen molar-refractivity contribution >= 4 is 35.2 Å². The Morgan fingerprint density at radius 1 is 1.38 bits per heavy atom. The maximum Gasteiger partial charge on any atom is 0.452 e. The summed E-state index contributed by atoms with van der Waals surface area (Å²) in [4.78, 5) is 49.5. The second kappa shape index (κ2) is 9.76. The lowest BCUT2D eigenvalue weighted by atomic mass is 9.98. The van der Waals surface area contributed by atoms with Gasteiger partial charge in [0.2, 0.25) is 11.7 Å². The zero-order chi connectivity index (χ0) is 25.3. The SMILES string of the molecule is CC1(CC(NC(=O)c2cc(C(F)(F)F)on2)C(=O)NN(C[C@@H]2CCNC2=O)C(=O)C(F)Cl)CC1. The lowest BCUT2D eigenvalue weighted by Crippen LogP contribution is -2.57. The van der Waals surface area contributed by atoms with Crippen molar-refractivity contribution in [2.45, 2.75) is 50.5 Å². The molecule has 3 rings (SSSR count). The Bertz CT molecular complexity index is 965. The number of hydrogen-bond acceptors (Lipinski definition) is 6. The average molecular weight is 512 g/mol. The smallest absolute Gasteiger partial charge is 0.356 e. The minimum Gasteiger partial charge on any atom is -0.356 e. The number of hydrazine groups is 1. The van der Waals surface area contributed by atoms with Crippen LogP contribution in [0.1, 0.15) is 48.9 Å². The van der Waals surface area contributed by atoms with Crippen LogP contribution in [0.4, 0.5) is 17.6 Å². The van der Waals surface area contributed by atoms with E-state index in [-0.39, 0.29) is 24.3 Å². The molecule has 0 spiro atoms. The van der Waals surface area contributed by atoms with Crippen molar-refractivity contribution in [2.75, 3.05) is 13.1 Å². The maximum absolute atomic E-state index is 13.5. The van der Waals surface area contributed by atoms with Crippen LogP contribution in [-0.4, -0.2) is 58.6 Å². The zero-order valence-electron chi connectivity index (χ0n) is 17.9. The summed E-state index contributed by atoms with van der Waals surface area (Å²) in [5, 5.41) is 8.48. The summed E-state index contributed by atoms with van der Waals surface area (Å²) < 4.78 is 55.8. The Balaban J connectivity index is 1.74. The van der Waals surface area contributed by atoms with Crippen LogP contribution in [0, 0.1) is 11.3 Å². The Morgan fingerprint density at radius 3 is 2.56 bits per heavy atom. The van der Waals surface area contributed by atoms with E-state index in [1.807, 2.05) is 6.92 Å². The lowest BCUT2D eigenvalue weighted by molar-refractivity contribution is -0.155. The molecular weight excluding hydrogens is 490 g/mol. The lowest BCUT2D eigenvalue weighted by Gasteiger charge is -2.28. The molecule has 1 aliphatic carbocycles.